The van der Waals surface area contributed by atoms with E-state index in [0.717, 1.165) is 34.6 Å². The molecule has 1 N–H and O–H groups in total. The van der Waals surface area contributed by atoms with Gasteiger partial charge in [0.15, 0.2) is 0 Å². The summed E-state index contributed by atoms with van der Waals surface area (Å²) in [4.78, 5) is 9.45. The number of aryl methyl sites for hydroxylation is 1. The summed E-state index contributed by atoms with van der Waals surface area (Å²) in [6.07, 6.45) is -3.42. The van der Waals surface area contributed by atoms with Crippen molar-refractivity contribution in [2.45, 2.75) is 13.1 Å². The van der Waals surface area contributed by atoms with Crippen LogP contribution >= 0.6 is 0 Å². The smallest absolute Gasteiger partial charge is 0.378 e. The van der Waals surface area contributed by atoms with Gasteiger partial charge in [-0.2, -0.15) is 13.2 Å². The topological polar surface area (TPSA) is 41.1 Å². The number of hydrogen-bond donors (Lipinski definition) is 1. The lowest BCUT2D eigenvalue weighted by atomic mass is 10.0. The molecule has 0 amide bonds. The van der Waals surface area contributed by atoms with Gasteiger partial charge in [-0.1, -0.05) is 18.2 Å². The van der Waals surface area contributed by atoms with Crippen molar-refractivity contribution in [1.29, 1.82) is 0 Å². The lowest BCUT2D eigenvalue weighted by Gasteiger charge is -2.15. The molecule has 3 rings (SSSR count). The molecule has 3 aromatic rings. The maximum atomic E-state index is 12.8. The van der Waals surface area contributed by atoms with Crippen molar-refractivity contribution in [2.75, 3.05) is 24.3 Å². The number of alkyl halides is 3. The van der Waals surface area contributed by atoms with E-state index in [0.29, 0.717) is 5.69 Å². The SMILES string of the molecule is Cc1cc(Nc2nccc(C(F)(F)F)n2)cc(-c2cccc(N(C)C)c2)c1. The third-order valence-electron chi connectivity index (χ3n) is 3.98. The Morgan fingerprint density at radius 3 is 2.44 bits per heavy atom. The highest BCUT2D eigenvalue weighted by Gasteiger charge is 2.32. The fourth-order valence-corrected chi connectivity index (χ4v) is 2.69. The summed E-state index contributed by atoms with van der Waals surface area (Å²) in [5.41, 5.74) is 3.64. The van der Waals surface area contributed by atoms with Gasteiger partial charge in [-0.3, -0.25) is 0 Å². The van der Waals surface area contributed by atoms with Crippen molar-refractivity contribution in [3.05, 3.63) is 66.0 Å². The summed E-state index contributed by atoms with van der Waals surface area (Å²) in [6.45, 7) is 1.93. The predicted molar refractivity (Wildman–Crippen MR) is 101 cm³/mol. The van der Waals surface area contributed by atoms with Crippen LogP contribution in [0.3, 0.4) is 0 Å². The molecule has 1 aromatic heterocycles. The van der Waals surface area contributed by atoms with Crippen LogP contribution in [-0.2, 0) is 6.18 Å². The van der Waals surface area contributed by atoms with E-state index in [1.165, 1.54) is 0 Å². The number of rotatable bonds is 4. The quantitative estimate of drug-likeness (QED) is 0.676. The highest BCUT2D eigenvalue weighted by Crippen LogP contribution is 2.30. The van der Waals surface area contributed by atoms with Gasteiger partial charge in [0.05, 0.1) is 0 Å². The van der Waals surface area contributed by atoms with Gasteiger partial charge in [0, 0.05) is 31.7 Å². The van der Waals surface area contributed by atoms with Gasteiger partial charge in [0.25, 0.3) is 0 Å². The monoisotopic (exact) mass is 372 g/mol. The number of halogens is 3. The molecule has 0 atom stereocenters. The average molecular weight is 372 g/mol. The number of anilines is 3. The fourth-order valence-electron chi connectivity index (χ4n) is 2.69. The third kappa shape index (κ3) is 4.55. The Bertz CT molecular complexity index is 952. The lowest BCUT2D eigenvalue weighted by molar-refractivity contribution is -0.141. The van der Waals surface area contributed by atoms with Gasteiger partial charge in [-0.05, 0) is 53.9 Å². The minimum atomic E-state index is -4.51. The van der Waals surface area contributed by atoms with E-state index >= 15 is 0 Å². The summed E-state index contributed by atoms with van der Waals surface area (Å²) in [6, 6.07) is 14.6. The van der Waals surface area contributed by atoms with E-state index in [-0.39, 0.29) is 5.95 Å². The summed E-state index contributed by atoms with van der Waals surface area (Å²) in [5, 5.41) is 2.87. The van der Waals surface area contributed by atoms with Gasteiger partial charge < -0.3 is 10.2 Å². The van der Waals surface area contributed by atoms with Crippen LogP contribution in [0, 0.1) is 6.92 Å². The number of nitrogens with one attached hydrogen (secondary N) is 1. The molecule has 0 spiro atoms. The highest BCUT2D eigenvalue weighted by atomic mass is 19.4. The van der Waals surface area contributed by atoms with Crippen LogP contribution in [0.15, 0.2) is 54.7 Å². The van der Waals surface area contributed by atoms with Crippen molar-refractivity contribution in [3.8, 4) is 11.1 Å². The highest BCUT2D eigenvalue weighted by molar-refractivity contribution is 5.73. The molecule has 0 aliphatic carbocycles. The zero-order valence-corrected chi connectivity index (χ0v) is 15.2. The Kier molecular flexibility index (Phi) is 5.03. The Balaban J connectivity index is 1.94. The van der Waals surface area contributed by atoms with Gasteiger partial charge in [0.2, 0.25) is 5.95 Å². The molecule has 0 unspecified atom stereocenters. The number of benzene rings is 2. The molecule has 0 radical (unpaired) electrons. The Morgan fingerprint density at radius 2 is 1.74 bits per heavy atom. The molecule has 0 fully saturated rings. The minimum absolute atomic E-state index is 0.0941. The third-order valence-corrected chi connectivity index (χ3v) is 3.98. The van der Waals surface area contributed by atoms with Gasteiger partial charge in [0.1, 0.15) is 5.69 Å². The molecule has 0 saturated carbocycles. The molecule has 7 heteroatoms. The number of nitrogens with zero attached hydrogens (tertiary/aromatic N) is 3. The molecule has 4 nitrogen and oxygen atoms in total. The zero-order valence-electron chi connectivity index (χ0n) is 15.2. The number of hydrogen-bond acceptors (Lipinski definition) is 4. The summed E-state index contributed by atoms with van der Waals surface area (Å²) >= 11 is 0. The van der Waals surface area contributed by atoms with Gasteiger partial charge in [-0.15, -0.1) is 0 Å². The normalized spacial score (nSPS) is 11.3. The first-order valence-corrected chi connectivity index (χ1v) is 8.29. The zero-order chi connectivity index (χ0) is 19.6. The number of aromatic nitrogens is 2. The van der Waals surface area contributed by atoms with Crippen molar-refractivity contribution < 1.29 is 13.2 Å². The van der Waals surface area contributed by atoms with Crippen LogP contribution in [0.5, 0.6) is 0 Å². The molecular weight excluding hydrogens is 353 g/mol. The van der Waals surface area contributed by atoms with Crippen molar-refractivity contribution in [1.82, 2.24) is 9.97 Å². The first kappa shape index (κ1) is 18.7. The molecule has 1 heterocycles. The molecule has 2 aromatic carbocycles. The van der Waals surface area contributed by atoms with Crippen LogP contribution in [-0.4, -0.2) is 24.1 Å². The second-order valence-corrected chi connectivity index (χ2v) is 6.42. The average Bonchev–Trinajstić information content (AvgIpc) is 2.61. The second-order valence-electron chi connectivity index (χ2n) is 6.42. The van der Waals surface area contributed by atoms with E-state index in [1.54, 1.807) is 0 Å². The first-order valence-electron chi connectivity index (χ1n) is 8.29. The van der Waals surface area contributed by atoms with Crippen LogP contribution < -0.4 is 10.2 Å². The van der Waals surface area contributed by atoms with E-state index in [9.17, 15) is 13.2 Å². The van der Waals surface area contributed by atoms with E-state index < -0.39 is 11.9 Å². The summed E-state index contributed by atoms with van der Waals surface area (Å²) in [7, 11) is 3.93. The molecule has 140 valence electrons. The fraction of sp³-hybridized carbons (Fsp3) is 0.200. The van der Waals surface area contributed by atoms with E-state index in [4.69, 9.17) is 0 Å². The molecule has 27 heavy (non-hydrogen) atoms. The standard InChI is InChI=1S/C20H19F3N4/c1-13-9-15(14-5-4-6-17(12-14)27(2)3)11-16(10-13)25-19-24-8-7-18(26-19)20(21,22)23/h4-12H,1-3H3,(H,24,25,26). The Morgan fingerprint density at radius 1 is 0.963 bits per heavy atom. The molecule has 0 aliphatic heterocycles. The first-order chi connectivity index (χ1) is 12.7. The van der Waals surface area contributed by atoms with Crippen LogP contribution in [0.1, 0.15) is 11.3 Å². The van der Waals surface area contributed by atoms with E-state index in [1.807, 2.05) is 62.3 Å². The second kappa shape index (κ2) is 7.26. The van der Waals surface area contributed by atoms with E-state index in [2.05, 4.69) is 21.4 Å². The molecular formula is C20H19F3N4. The van der Waals surface area contributed by atoms with Crippen molar-refractivity contribution in [3.63, 3.8) is 0 Å². The minimum Gasteiger partial charge on any atom is -0.378 e. The molecule has 0 bridgehead atoms. The Hall–Kier alpha value is -3.09. The maximum Gasteiger partial charge on any atom is 0.433 e. The predicted octanol–water partition coefficient (Wildman–Crippen LogP) is 5.28. The molecule has 0 saturated heterocycles. The van der Waals surface area contributed by atoms with Gasteiger partial charge >= 0.3 is 6.18 Å². The van der Waals surface area contributed by atoms with Crippen molar-refractivity contribution >= 4 is 17.3 Å². The summed E-state index contributed by atoms with van der Waals surface area (Å²) in [5.74, 6) is -0.0941. The van der Waals surface area contributed by atoms with Crippen molar-refractivity contribution in [2.24, 2.45) is 0 Å². The van der Waals surface area contributed by atoms with Crippen LogP contribution in [0.4, 0.5) is 30.5 Å². The van der Waals surface area contributed by atoms with Gasteiger partial charge in [-0.25, -0.2) is 9.97 Å². The maximum absolute atomic E-state index is 12.8. The summed E-state index contributed by atoms with van der Waals surface area (Å²) < 4.78 is 38.5. The largest absolute Gasteiger partial charge is 0.433 e. The van der Waals surface area contributed by atoms with Crippen LogP contribution in [0.25, 0.3) is 11.1 Å². The molecule has 0 aliphatic rings. The lowest BCUT2D eigenvalue weighted by Crippen LogP contribution is -2.10. The Labute approximate surface area is 155 Å². The van der Waals surface area contributed by atoms with Crippen LogP contribution in [0.2, 0.25) is 0 Å².